The Hall–Kier alpha value is -1.49. The van der Waals surface area contributed by atoms with Crippen LogP contribution in [0.4, 0.5) is 0 Å². The molecule has 0 aromatic heterocycles. The molecule has 1 N–H and O–H groups in total. The van der Waals surface area contributed by atoms with Crippen molar-refractivity contribution in [2.45, 2.75) is 0 Å². The number of hydrogen-bond acceptors (Lipinski definition) is 4. The van der Waals surface area contributed by atoms with Crippen LogP contribution in [-0.4, -0.2) is 25.8 Å². The SMILES string of the molecule is COC(=O)c1cccc(O[B]O)c1. The molecule has 1 aromatic rings. The first-order chi connectivity index (χ1) is 6.27. The third kappa shape index (κ3) is 2.49. The number of carbonyl (C=O) groups excluding carboxylic acids is 1. The molecule has 1 radical (unpaired) electrons. The van der Waals surface area contributed by atoms with Gasteiger partial charge in [-0.25, -0.2) is 4.79 Å². The quantitative estimate of drug-likeness (QED) is 0.538. The molecular formula is C8H8BO4. The Morgan fingerprint density at radius 1 is 1.54 bits per heavy atom. The van der Waals surface area contributed by atoms with Crippen LogP contribution in [-0.2, 0) is 4.74 Å². The minimum atomic E-state index is -0.441. The number of ether oxygens (including phenoxy) is 1. The average molecular weight is 179 g/mol. The Morgan fingerprint density at radius 3 is 2.92 bits per heavy atom. The van der Waals surface area contributed by atoms with Gasteiger partial charge in [0.2, 0.25) is 0 Å². The fourth-order valence-corrected chi connectivity index (χ4v) is 0.875. The molecule has 0 fully saturated rings. The summed E-state index contributed by atoms with van der Waals surface area (Å²) in [6.45, 7) is 0. The molecule has 0 amide bonds. The lowest BCUT2D eigenvalue weighted by molar-refractivity contribution is 0.0600. The minimum Gasteiger partial charge on any atom is -0.537 e. The largest absolute Gasteiger partial charge is 0.569 e. The van der Waals surface area contributed by atoms with E-state index in [4.69, 9.17) is 5.02 Å². The molecule has 0 saturated heterocycles. The molecule has 1 rings (SSSR count). The standard InChI is InChI=1S/C8H8BO4/c1-12-8(10)6-3-2-4-7(5-6)13-9-11/h2-5,11H,1H3. The van der Waals surface area contributed by atoms with Crippen molar-refractivity contribution in [2.24, 2.45) is 0 Å². The Morgan fingerprint density at radius 2 is 2.31 bits per heavy atom. The molecule has 0 spiro atoms. The van der Waals surface area contributed by atoms with Gasteiger partial charge in [0.05, 0.1) is 12.7 Å². The van der Waals surface area contributed by atoms with E-state index in [1.807, 2.05) is 0 Å². The summed E-state index contributed by atoms with van der Waals surface area (Å²) in [5.74, 6) is -0.0613. The van der Waals surface area contributed by atoms with Crippen molar-refractivity contribution >= 4 is 13.7 Å². The first kappa shape index (κ1) is 9.60. The Balaban J connectivity index is 2.85. The lowest BCUT2D eigenvalue weighted by atomic mass is 10.2. The van der Waals surface area contributed by atoms with Crippen molar-refractivity contribution in [3.63, 3.8) is 0 Å². The molecule has 4 nitrogen and oxygen atoms in total. The maximum atomic E-state index is 11.0. The zero-order chi connectivity index (χ0) is 9.68. The van der Waals surface area contributed by atoms with Gasteiger partial charge < -0.3 is 14.4 Å². The van der Waals surface area contributed by atoms with E-state index in [1.165, 1.54) is 13.2 Å². The Kier molecular flexibility index (Phi) is 3.34. The highest BCUT2D eigenvalue weighted by Gasteiger charge is 2.05. The molecule has 0 bridgehead atoms. The van der Waals surface area contributed by atoms with Gasteiger partial charge in [-0.3, -0.25) is 0 Å². The smallest absolute Gasteiger partial charge is 0.537 e. The number of rotatable bonds is 3. The zero-order valence-electron chi connectivity index (χ0n) is 7.06. The first-order valence-corrected chi connectivity index (χ1v) is 3.59. The van der Waals surface area contributed by atoms with E-state index < -0.39 is 5.97 Å². The third-order valence-corrected chi connectivity index (χ3v) is 1.44. The van der Waals surface area contributed by atoms with Gasteiger partial charge in [0.1, 0.15) is 5.75 Å². The van der Waals surface area contributed by atoms with E-state index in [0.29, 0.717) is 19.0 Å². The maximum Gasteiger partial charge on any atom is 0.569 e. The fourth-order valence-electron chi connectivity index (χ4n) is 0.875. The Labute approximate surface area is 76.4 Å². The topological polar surface area (TPSA) is 55.8 Å². The van der Waals surface area contributed by atoms with E-state index in [9.17, 15) is 4.79 Å². The van der Waals surface area contributed by atoms with Crippen LogP contribution in [0.5, 0.6) is 5.75 Å². The number of hydrogen-bond donors (Lipinski definition) is 1. The van der Waals surface area contributed by atoms with Crippen LogP contribution in [0.15, 0.2) is 24.3 Å². The first-order valence-electron chi connectivity index (χ1n) is 3.59. The van der Waals surface area contributed by atoms with E-state index >= 15 is 0 Å². The van der Waals surface area contributed by atoms with Crippen molar-refractivity contribution in [3.05, 3.63) is 29.8 Å². The molecule has 0 unspecified atom stereocenters. The van der Waals surface area contributed by atoms with Crippen LogP contribution in [0, 0.1) is 0 Å². The van der Waals surface area contributed by atoms with E-state index in [0.717, 1.165) is 0 Å². The highest BCUT2D eigenvalue weighted by atomic mass is 16.5. The molecule has 67 valence electrons. The molecular weight excluding hydrogens is 171 g/mol. The Bertz CT molecular complexity index is 300. The molecule has 5 heteroatoms. The van der Waals surface area contributed by atoms with E-state index in [2.05, 4.69) is 9.39 Å². The molecule has 13 heavy (non-hydrogen) atoms. The van der Waals surface area contributed by atoms with Crippen LogP contribution in [0.1, 0.15) is 10.4 Å². The summed E-state index contributed by atoms with van der Waals surface area (Å²) in [4.78, 5) is 11.0. The van der Waals surface area contributed by atoms with Gasteiger partial charge in [0, 0.05) is 0 Å². The van der Waals surface area contributed by atoms with Gasteiger partial charge in [-0.2, -0.15) is 0 Å². The summed E-state index contributed by atoms with van der Waals surface area (Å²) >= 11 is 0. The van der Waals surface area contributed by atoms with Crippen molar-refractivity contribution < 1.29 is 19.2 Å². The second-order valence-electron chi connectivity index (χ2n) is 2.24. The summed E-state index contributed by atoms with van der Waals surface area (Å²) in [7, 11) is 1.85. The minimum absolute atomic E-state index is 0.377. The van der Waals surface area contributed by atoms with E-state index in [1.54, 1.807) is 18.2 Å². The molecule has 0 aliphatic rings. The van der Waals surface area contributed by atoms with Gasteiger partial charge in [-0.05, 0) is 18.2 Å². The van der Waals surface area contributed by atoms with E-state index in [-0.39, 0.29) is 0 Å². The lowest BCUT2D eigenvalue weighted by Crippen LogP contribution is -2.03. The molecule has 0 heterocycles. The van der Waals surface area contributed by atoms with Crippen LogP contribution >= 0.6 is 0 Å². The number of benzene rings is 1. The van der Waals surface area contributed by atoms with Gasteiger partial charge in [-0.1, -0.05) is 6.07 Å². The van der Waals surface area contributed by atoms with Gasteiger partial charge in [0.15, 0.2) is 0 Å². The third-order valence-electron chi connectivity index (χ3n) is 1.44. The lowest BCUT2D eigenvalue weighted by Gasteiger charge is -2.03. The second-order valence-corrected chi connectivity index (χ2v) is 2.24. The van der Waals surface area contributed by atoms with Gasteiger partial charge in [0.25, 0.3) is 0 Å². The number of methoxy groups -OCH3 is 1. The zero-order valence-corrected chi connectivity index (χ0v) is 7.06. The molecule has 0 saturated carbocycles. The fraction of sp³-hybridized carbons (Fsp3) is 0.125. The van der Waals surface area contributed by atoms with Crippen molar-refractivity contribution in [2.75, 3.05) is 7.11 Å². The highest BCUT2D eigenvalue weighted by molar-refractivity contribution is 6.17. The number of esters is 1. The molecule has 0 aliphatic carbocycles. The highest BCUT2D eigenvalue weighted by Crippen LogP contribution is 2.13. The monoisotopic (exact) mass is 179 g/mol. The van der Waals surface area contributed by atoms with Crippen LogP contribution in [0.3, 0.4) is 0 Å². The second kappa shape index (κ2) is 4.52. The van der Waals surface area contributed by atoms with Crippen molar-refractivity contribution in [1.82, 2.24) is 0 Å². The molecule has 0 atom stereocenters. The maximum absolute atomic E-state index is 11.0. The summed E-state index contributed by atoms with van der Waals surface area (Å²) in [6, 6.07) is 6.30. The molecule has 0 aliphatic heterocycles. The summed E-state index contributed by atoms with van der Waals surface area (Å²) in [5, 5.41) is 8.34. The normalized spacial score (nSPS) is 9.08. The predicted octanol–water partition coefficient (Wildman–Crippen LogP) is 0.378. The van der Waals surface area contributed by atoms with Crippen molar-refractivity contribution in [1.29, 1.82) is 0 Å². The van der Waals surface area contributed by atoms with Gasteiger partial charge in [-0.15, -0.1) is 0 Å². The average Bonchev–Trinajstić information content (AvgIpc) is 2.18. The van der Waals surface area contributed by atoms with Crippen LogP contribution in [0.2, 0.25) is 0 Å². The summed E-state index contributed by atoms with van der Waals surface area (Å²) < 4.78 is 9.17. The summed E-state index contributed by atoms with van der Waals surface area (Å²) in [6.07, 6.45) is 0. The predicted molar refractivity (Wildman–Crippen MR) is 46.4 cm³/mol. The van der Waals surface area contributed by atoms with Crippen LogP contribution < -0.4 is 4.65 Å². The van der Waals surface area contributed by atoms with Gasteiger partial charge >= 0.3 is 13.7 Å². The molecule has 1 aromatic carbocycles. The number of carbonyl (C=O) groups is 1. The summed E-state index contributed by atoms with van der Waals surface area (Å²) in [5.41, 5.74) is 0.377. The van der Waals surface area contributed by atoms with Crippen molar-refractivity contribution in [3.8, 4) is 5.75 Å². The van der Waals surface area contributed by atoms with Crippen LogP contribution in [0.25, 0.3) is 0 Å².